The highest BCUT2D eigenvalue weighted by atomic mass is 35.5. The molecular formula is C15H16ClN3O2. The molecule has 1 heterocycles. The number of hydrogen-bond donors (Lipinski definition) is 1. The van der Waals surface area contributed by atoms with Gasteiger partial charge >= 0.3 is 0 Å². The van der Waals surface area contributed by atoms with Gasteiger partial charge in [0.1, 0.15) is 5.75 Å². The number of aromatic nitrogens is 2. The van der Waals surface area contributed by atoms with Gasteiger partial charge in [0.2, 0.25) is 0 Å². The number of benzene rings is 1. The van der Waals surface area contributed by atoms with E-state index in [1.54, 1.807) is 13.2 Å². The maximum absolute atomic E-state index is 12.0. The first-order chi connectivity index (χ1) is 10.1. The lowest BCUT2D eigenvalue weighted by Crippen LogP contribution is -2.34. The van der Waals surface area contributed by atoms with E-state index in [0.29, 0.717) is 6.42 Å². The van der Waals surface area contributed by atoms with Crippen LogP contribution >= 0.6 is 11.6 Å². The molecule has 0 aliphatic rings. The van der Waals surface area contributed by atoms with Crippen molar-refractivity contribution in [1.82, 2.24) is 15.5 Å². The van der Waals surface area contributed by atoms with Crippen LogP contribution in [0.25, 0.3) is 0 Å². The summed E-state index contributed by atoms with van der Waals surface area (Å²) in [4.78, 5) is 12.0. The monoisotopic (exact) mass is 305 g/mol. The van der Waals surface area contributed by atoms with Crippen LogP contribution < -0.4 is 10.1 Å². The number of ether oxygens (including phenoxy) is 1. The van der Waals surface area contributed by atoms with Crippen molar-refractivity contribution in [3.8, 4) is 5.75 Å². The highest BCUT2D eigenvalue weighted by Gasteiger charge is 2.13. The van der Waals surface area contributed by atoms with Crippen molar-refractivity contribution in [2.24, 2.45) is 0 Å². The van der Waals surface area contributed by atoms with E-state index in [2.05, 4.69) is 15.5 Å². The number of amides is 1. The maximum atomic E-state index is 12.0. The Kier molecular flexibility index (Phi) is 5.11. The third-order valence-corrected chi connectivity index (χ3v) is 3.16. The second-order valence-electron chi connectivity index (χ2n) is 4.63. The molecule has 2 rings (SSSR count). The summed E-state index contributed by atoms with van der Waals surface area (Å²) in [5.41, 5.74) is 1.28. The third kappa shape index (κ3) is 4.16. The lowest BCUT2D eigenvalue weighted by Gasteiger charge is -2.15. The van der Waals surface area contributed by atoms with E-state index in [1.165, 1.54) is 6.07 Å². The predicted molar refractivity (Wildman–Crippen MR) is 80.7 cm³/mol. The lowest BCUT2D eigenvalue weighted by molar-refractivity contribution is 0.0934. The molecule has 6 heteroatoms. The van der Waals surface area contributed by atoms with Crippen LogP contribution in [-0.2, 0) is 6.42 Å². The normalized spacial score (nSPS) is 11.8. The number of nitrogens with one attached hydrogen (secondary N) is 1. The van der Waals surface area contributed by atoms with E-state index in [9.17, 15) is 4.79 Å². The van der Waals surface area contributed by atoms with Gasteiger partial charge in [0.05, 0.1) is 7.11 Å². The zero-order valence-corrected chi connectivity index (χ0v) is 12.6. The Labute approximate surface area is 128 Å². The highest BCUT2D eigenvalue weighted by Crippen LogP contribution is 2.18. The fourth-order valence-corrected chi connectivity index (χ4v) is 2.09. The molecule has 0 bridgehead atoms. The van der Waals surface area contributed by atoms with Crippen molar-refractivity contribution in [2.45, 2.75) is 19.4 Å². The van der Waals surface area contributed by atoms with Crippen molar-refractivity contribution >= 4 is 17.5 Å². The van der Waals surface area contributed by atoms with Crippen LogP contribution in [0.2, 0.25) is 5.15 Å². The van der Waals surface area contributed by atoms with Gasteiger partial charge in [0, 0.05) is 6.04 Å². The first-order valence-corrected chi connectivity index (χ1v) is 6.90. The van der Waals surface area contributed by atoms with Crippen LogP contribution in [0.3, 0.4) is 0 Å². The molecule has 110 valence electrons. The Morgan fingerprint density at radius 1 is 1.29 bits per heavy atom. The summed E-state index contributed by atoms with van der Waals surface area (Å²) in [5.74, 6) is 0.534. The summed E-state index contributed by atoms with van der Waals surface area (Å²) in [6.45, 7) is 1.92. The van der Waals surface area contributed by atoms with E-state index in [0.717, 1.165) is 11.3 Å². The van der Waals surface area contributed by atoms with Gasteiger partial charge in [-0.2, -0.15) is 0 Å². The molecule has 0 spiro atoms. The molecule has 21 heavy (non-hydrogen) atoms. The minimum atomic E-state index is -0.276. The molecule has 0 saturated carbocycles. The fraction of sp³-hybridized carbons (Fsp3) is 0.267. The van der Waals surface area contributed by atoms with Gasteiger partial charge in [-0.05, 0) is 37.1 Å². The largest absolute Gasteiger partial charge is 0.496 e. The van der Waals surface area contributed by atoms with Gasteiger partial charge in [0.25, 0.3) is 5.91 Å². The van der Waals surface area contributed by atoms with Crippen LogP contribution in [0.5, 0.6) is 5.75 Å². The average molecular weight is 306 g/mol. The molecule has 1 aromatic carbocycles. The first-order valence-electron chi connectivity index (χ1n) is 6.52. The van der Waals surface area contributed by atoms with Crippen molar-refractivity contribution in [2.75, 3.05) is 7.11 Å². The smallest absolute Gasteiger partial charge is 0.272 e. The quantitative estimate of drug-likeness (QED) is 0.922. The molecule has 0 fully saturated rings. The van der Waals surface area contributed by atoms with Crippen LogP contribution in [0, 0.1) is 0 Å². The molecule has 1 unspecified atom stereocenters. The topological polar surface area (TPSA) is 64.1 Å². The minimum Gasteiger partial charge on any atom is -0.496 e. The van der Waals surface area contributed by atoms with Gasteiger partial charge in [-0.25, -0.2) is 0 Å². The Bertz CT molecular complexity index is 617. The SMILES string of the molecule is COc1ccccc1CC(C)NC(=O)c1ccc(Cl)nn1. The van der Waals surface area contributed by atoms with E-state index in [1.807, 2.05) is 31.2 Å². The van der Waals surface area contributed by atoms with E-state index in [-0.39, 0.29) is 22.8 Å². The Balaban J connectivity index is 1.99. The van der Waals surface area contributed by atoms with Gasteiger partial charge in [-0.3, -0.25) is 4.79 Å². The highest BCUT2D eigenvalue weighted by molar-refractivity contribution is 6.29. The summed E-state index contributed by atoms with van der Waals surface area (Å²) in [5, 5.41) is 10.5. The molecule has 0 aliphatic heterocycles. The summed E-state index contributed by atoms with van der Waals surface area (Å²) in [6, 6.07) is 10.7. The Hall–Kier alpha value is -2.14. The molecule has 0 aliphatic carbocycles. The maximum Gasteiger partial charge on any atom is 0.272 e. The molecule has 1 atom stereocenters. The number of methoxy groups -OCH3 is 1. The Morgan fingerprint density at radius 3 is 2.71 bits per heavy atom. The third-order valence-electron chi connectivity index (χ3n) is 2.96. The fourth-order valence-electron chi connectivity index (χ4n) is 1.99. The number of carbonyl (C=O) groups excluding carboxylic acids is 1. The van der Waals surface area contributed by atoms with Crippen LogP contribution in [0.4, 0.5) is 0 Å². The minimum absolute atomic E-state index is 0.0636. The van der Waals surface area contributed by atoms with Gasteiger partial charge < -0.3 is 10.1 Å². The predicted octanol–water partition coefficient (Wildman–Crippen LogP) is 2.50. The average Bonchev–Trinajstić information content (AvgIpc) is 2.48. The van der Waals surface area contributed by atoms with Crippen molar-refractivity contribution in [3.05, 3.63) is 52.8 Å². The zero-order chi connectivity index (χ0) is 15.2. The summed E-state index contributed by atoms with van der Waals surface area (Å²) >= 11 is 5.64. The summed E-state index contributed by atoms with van der Waals surface area (Å²) in [7, 11) is 1.63. The van der Waals surface area contributed by atoms with Crippen molar-refractivity contribution in [3.63, 3.8) is 0 Å². The van der Waals surface area contributed by atoms with Gasteiger partial charge in [0.15, 0.2) is 10.8 Å². The van der Waals surface area contributed by atoms with E-state index < -0.39 is 0 Å². The number of carbonyl (C=O) groups is 1. The molecule has 1 aromatic heterocycles. The molecular weight excluding hydrogens is 290 g/mol. The molecule has 2 aromatic rings. The first kappa shape index (κ1) is 15.3. The Morgan fingerprint density at radius 2 is 2.05 bits per heavy atom. The zero-order valence-electron chi connectivity index (χ0n) is 11.8. The molecule has 0 saturated heterocycles. The second-order valence-corrected chi connectivity index (χ2v) is 5.02. The number of para-hydroxylation sites is 1. The molecule has 1 N–H and O–H groups in total. The van der Waals surface area contributed by atoms with Gasteiger partial charge in [-0.1, -0.05) is 29.8 Å². The van der Waals surface area contributed by atoms with Crippen molar-refractivity contribution in [1.29, 1.82) is 0 Å². The molecule has 0 radical (unpaired) electrons. The molecule has 1 amide bonds. The van der Waals surface area contributed by atoms with Crippen molar-refractivity contribution < 1.29 is 9.53 Å². The number of rotatable bonds is 5. The van der Waals surface area contributed by atoms with Crippen LogP contribution in [0.1, 0.15) is 23.0 Å². The molecule has 5 nitrogen and oxygen atoms in total. The van der Waals surface area contributed by atoms with Crippen LogP contribution in [-0.4, -0.2) is 29.3 Å². The second kappa shape index (κ2) is 7.04. The number of nitrogens with zero attached hydrogens (tertiary/aromatic N) is 2. The summed E-state index contributed by atoms with van der Waals surface area (Å²) < 4.78 is 5.30. The number of halogens is 1. The summed E-state index contributed by atoms with van der Waals surface area (Å²) in [6.07, 6.45) is 0.663. The van der Waals surface area contributed by atoms with Gasteiger partial charge in [-0.15, -0.1) is 10.2 Å². The number of hydrogen-bond acceptors (Lipinski definition) is 4. The standard InChI is InChI=1S/C15H16ClN3O2/c1-10(9-11-5-3-4-6-13(11)21-2)17-15(20)12-7-8-14(16)19-18-12/h3-8,10H,9H2,1-2H3,(H,17,20). The van der Waals surface area contributed by atoms with E-state index in [4.69, 9.17) is 16.3 Å². The van der Waals surface area contributed by atoms with Crippen LogP contribution in [0.15, 0.2) is 36.4 Å². The lowest BCUT2D eigenvalue weighted by atomic mass is 10.1. The van der Waals surface area contributed by atoms with E-state index >= 15 is 0 Å².